The smallest absolute Gasteiger partial charge is 0.191 e. The van der Waals surface area contributed by atoms with Crippen molar-refractivity contribution in [3.8, 4) is 0 Å². The SMILES string of the molecule is CC/C=C\C/C=C/C(O)[C@H]1C(=O)C=C[C@@H]1C/C=C\CCCCO[Si](C)(C)C(C)(C)C. The Balaban J connectivity index is 2.33. The standard InChI is InChI=1S/C26H44O3Si/c1-7-8-9-11-15-18-23(27)25-22(19-20-24(25)28)17-14-12-10-13-16-21-29-30(5,6)26(2,3)4/h8-9,12,14-15,18-20,22-23,25,27H,7,10-11,13,16-17,21H2,1-6H3/b9-8-,14-12-,18-15+/t22-,23?,25-/m0/s1. The van der Waals surface area contributed by atoms with Crippen molar-refractivity contribution in [1.29, 1.82) is 0 Å². The Bertz CT molecular complexity index is 623. The zero-order valence-corrected chi connectivity index (χ0v) is 21.1. The Morgan fingerprint density at radius 1 is 1.13 bits per heavy atom. The molecule has 0 heterocycles. The molecule has 3 atom stereocenters. The van der Waals surface area contributed by atoms with Crippen LogP contribution < -0.4 is 0 Å². The molecule has 30 heavy (non-hydrogen) atoms. The van der Waals surface area contributed by atoms with Crippen molar-refractivity contribution in [1.82, 2.24) is 0 Å². The van der Waals surface area contributed by atoms with Crippen LogP contribution in [0.15, 0.2) is 48.6 Å². The van der Waals surface area contributed by atoms with E-state index in [2.05, 4.69) is 65.1 Å². The summed E-state index contributed by atoms with van der Waals surface area (Å²) in [6.07, 6.45) is 21.0. The van der Waals surface area contributed by atoms with E-state index in [0.29, 0.717) is 0 Å². The van der Waals surface area contributed by atoms with Gasteiger partial charge in [-0.3, -0.25) is 4.79 Å². The molecule has 0 aromatic rings. The van der Waals surface area contributed by atoms with E-state index in [1.54, 1.807) is 12.2 Å². The molecule has 1 N–H and O–H groups in total. The molecule has 0 aromatic heterocycles. The van der Waals surface area contributed by atoms with Crippen LogP contribution in [0.3, 0.4) is 0 Å². The highest BCUT2D eigenvalue weighted by Gasteiger charge is 2.36. The molecule has 0 amide bonds. The van der Waals surface area contributed by atoms with Crippen LogP contribution in [0.2, 0.25) is 18.1 Å². The lowest BCUT2D eigenvalue weighted by molar-refractivity contribution is -0.120. The minimum atomic E-state index is -1.63. The number of allylic oxidation sites excluding steroid dienone is 7. The molecule has 3 nitrogen and oxygen atoms in total. The Kier molecular flexibility index (Phi) is 11.8. The Hall–Kier alpha value is -1.23. The summed E-state index contributed by atoms with van der Waals surface area (Å²) >= 11 is 0. The summed E-state index contributed by atoms with van der Waals surface area (Å²) in [7, 11) is -1.63. The molecule has 1 rings (SSSR count). The van der Waals surface area contributed by atoms with Crippen LogP contribution in [0.1, 0.15) is 66.2 Å². The first-order valence-corrected chi connectivity index (χ1v) is 14.5. The summed E-state index contributed by atoms with van der Waals surface area (Å²) in [5.74, 6) is -0.224. The van der Waals surface area contributed by atoms with Crippen LogP contribution in [0.5, 0.6) is 0 Å². The largest absolute Gasteiger partial charge is 0.417 e. The van der Waals surface area contributed by atoms with Gasteiger partial charge in [-0.05, 0) is 68.7 Å². The highest BCUT2D eigenvalue weighted by Crippen LogP contribution is 2.36. The van der Waals surface area contributed by atoms with Gasteiger partial charge in [0, 0.05) is 6.61 Å². The van der Waals surface area contributed by atoms with E-state index >= 15 is 0 Å². The molecule has 0 aliphatic heterocycles. The first-order valence-electron chi connectivity index (χ1n) is 11.6. The highest BCUT2D eigenvalue weighted by molar-refractivity contribution is 6.74. The quantitative estimate of drug-likeness (QED) is 0.198. The van der Waals surface area contributed by atoms with Crippen molar-refractivity contribution in [2.75, 3.05) is 6.61 Å². The topological polar surface area (TPSA) is 46.5 Å². The Morgan fingerprint density at radius 2 is 1.87 bits per heavy atom. The van der Waals surface area contributed by atoms with Gasteiger partial charge in [0.05, 0.1) is 12.0 Å². The average Bonchev–Trinajstić information content (AvgIpc) is 3.03. The molecular weight excluding hydrogens is 388 g/mol. The number of aliphatic hydroxyl groups excluding tert-OH is 1. The van der Waals surface area contributed by atoms with Gasteiger partial charge in [0.2, 0.25) is 0 Å². The van der Waals surface area contributed by atoms with Crippen LogP contribution in [0.25, 0.3) is 0 Å². The molecule has 0 bridgehead atoms. The normalized spacial score (nSPS) is 21.6. The Morgan fingerprint density at radius 3 is 2.53 bits per heavy atom. The van der Waals surface area contributed by atoms with Crippen molar-refractivity contribution < 1.29 is 14.3 Å². The minimum Gasteiger partial charge on any atom is -0.417 e. The van der Waals surface area contributed by atoms with Gasteiger partial charge in [-0.15, -0.1) is 0 Å². The number of hydrogen-bond acceptors (Lipinski definition) is 3. The number of carbonyl (C=O) groups is 1. The molecule has 0 saturated carbocycles. The van der Waals surface area contributed by atoms with Crippen molar-refractivity contribution >= 4 is 14.1 Å². The second-order valence-electron chi connectivity index (χ2n) is 9.80. The summed E-state index contributed by atoms with van der Waals surface area (Å²) in [5, 5.41) is 10.7. The van der Waals surface area contributed by atoms with Crippen LogP contribution in [-0.2, 0) is 9.22 Å². The van der Waals surface area contributed by atoms with E-state index in [9.17, 15) is 9.90 Å². The zero-order valence-electron chi connectivity index (χ0n) is 20.1. The molecule has 0 radical (unpaired) electrons. The third-order valence-electron chi connectivity index (χ3n) is 6.28. The first-order chi connectivity index (χ1) is 14.1. The van der Waals surface area contributed by atoms with Crippen LogP contribution in [0, 0.1) is 11.8 Å². The summed E-state index contributed by atoms with van der Waals surface area (Å²) < 4.78 is 6.22. The van der Waals surface area contributed by atoms with Gasteiger partial charge in [-0.2, -0.15) is 0 Å². The summed E-state index contributed by atoms with van der Waals surface area (Å²) in [5.41, 5.74) is 0. The van der Waals surface area contributed by atoms with E-state index in [0.717, 1.165) is 45.1 Å². The maximum Gasteiger partial charge on any atom is 0.191 e. The van der Waals surface area contributed by atoms with E-state index in [-0.39, 0.29) is 22.7 Å². The van der Waals surface area contributed by atoms with Gasteiger partial charge in [0.25, 0.3) is 0 Å². The average molecular weight is 433 g/mol. The number of rotatable bonds is 13. The lowest BCUT2D eigenvalue weighted by Crippen LogP contribution is -2.40. The fraction of sp³-hybridized carbons (Fsp3) is 0.654. The van der Waals surface area contributed by atoms with Gasteiger partial charge in [0.15, 0.2) is 14.1 Å². The van der Waals surface area contributed by atoms with Crippen LogP contribution in [-0.4, -0.2) is 31.9 Å². The van der Waals surface area contributed by atoms with Gasteiger partial charge in [-0.1, -0.05) is 70.2 Å². The monoisotopic (exact) mass is 432 g/mol. The van der Waals surface area contributed by atoms with Crippen molar-refractivity contribution in [3.05, 3.63) is 48.6 Å². The van der Waals surface area contributed by atoms with E-state index < -0.39 is 14.4 Å². The third-order valence-corrected chi connectivity index (χ3v) is 10.8. The molecular formula is C26H44O3Si. The van der Waals surface area contributed by atoms with Crippen molar-refractivity contribution in [2.24, 2.45) is 11.8 Å². The van der Waals surface area contributed by atoms with Crippen molar-refractivity contribution in [2.45, 2.75) is 90.5 Å². The highest BCUT2D eigenvalue weighted by atomic mass is 28.4. The van der Waals surface area contributed by atoms with Crippen LogP contribution >= 0.6 is 0 Å². The summed E-state index contributed by atoms with van der Waals surface area (Å²) in [6.45, 7) is 14.4. The first kappa shape index (κ1) is 26.8. The maximum atomic E-state index is 12.2. The van der Waals surface area contributed by atoms with Crippen LogP contribution in [0.4, 0.5) is 0 Å². The molecule has 0 fully saturated rings. The molecule has 1 aliphatic carbocycles. The molecule has 1 unspecified atom stereocenters. The van der Waals surface area contributed by atoms with E-state index in [1.165, 1.54) is 0 Å². The number of hydrogen-bond donors (Lipinski definition) is 1. The molecule has 1 aliphatic rings. The summed E-state index contributed by atoms with van der Waals surface area (Å²) in [4.78, 5) is 12.2. The predicted molar refractivity (Wildman–Crippen MR) is 131 cm³/mol. The number of ketones is 1. The fourth-order valence-corrected chi connectivity index (χ4v) is 4.35. The van der Waals surface area contributed by atoms with E-state index in [4.69, 9.17) is 4.43 Å². The number of unbranched alkanes of at least 4 members (excludes halogenated alkanes) is 2. The fourth-order valence-electron chi connectivity index (χ4n) is 3.27. The van der Waals surface area contributed by atoms with Crippen molar-refractivity contribution in [3.63, 3.8) is 0 Å². The summed E-state index contributed by atoms with van der Waals surface area (Å²) in [6, 6.07) is 0. The lowest BCUT2D eigenvalue weighted by atomic mass is 9.86. The van der Waals surface area contributed by atoms with Gasteiger partial charge in [-0.25, -0.2) is 0 Å². The van der Waals surface area contributed by atoms with Gasteiger partial charge in [0.1, 0.15) is 0 Å². The third kappa shape index (κ3) is 9.28. The second-order valence-corrected chi connectivity index (χ2v) is 14.6. The zero-order chi connectivity index (χ0) is 22.6. The maximum absolute atomic E-state index is 12.2. The minimum absolute atomic E-state index is 0.0393. The molecule has 0 spiro atoms. The molecule has 170 valence electrons. The lowest BCUT2D eigenvalue weighted by Gasteiger charge is -2.36. The second kappa shape index (κ2) is 13.2. The number of aliphatic hydroxyl groups is 1. The van der Waals surface area contributed by atoms with E-state index in [1.807, 2.05) is 12.2 Å². The number of carbonyl (C=O) groups excluding carboxylic acids is 1. The predicted octanol–water partition coefficient (Wildman–Crippen LogP) is 6.77. The van der Waals surface area contributed by atoms with Gasteiger partial charge < -0.3 is 9.53 Å². The molecule has 0 aromatic carbocycles. The molecule has 4 heteroatoms. The van der Waals surface area contributed by atoms with Gasteiger partial charge >= 0.3 is 0 Å². The Labute approximate surface area is 186 Å². The molecule has 0 saturated heterocycles.